The maximum Gasteiger partial charge on any atom is 0.0548 e. The quantitative estimate of drug-likeness (QED) is 0.866. The van der Waals surface area contributed by atoms with E-state index in [0.717, 1.165) is 15.9 Å². The number of halogens is 2. The molecule has 1 rings (SSSR count). The minimum Gasteiger partial charge on any atom is -0.313 e. The van der Waals surface area contributed by atoms with Gasteiger partial charge in [0.1, 0.15) is 0 Å². The van der Waals surface area contributed by atoms with Gasteiger partial charge in [0.25, 0.3) is 0 Å². The van der Waals surface area contributed by atoms with Gasteiger partial charge in [0, 0.05) is 10.5 Å². The first-order chi connectivity index (χ1) is 7.04. The molecule has 0 saturated carbocycles. The van der Waals surface area contributed by atoms with Crippen molar-refractivity contribution < 1.29 is 0 Å². The van der Waals surface area contributed by atoms with E-state index in [1.807, 2.05) is 13.1 Å². The van der Waals surface area contributed by atoms with E-state index in [1.54, 1.807) is 0 Å². The van der Waals surface area contributed by atoms with Crippen LogP contribution in [0, 0.1) is 5.92 Å². The third kappa shape index (κ3) is 3.78. The summed E-state index contributed by atoms with van der Waals surface area (Å²) in [6.07, 6.45) is 1.13. The molecule has 0 heterocycles. The Kier molecular flexibility index (Phi) is 5.10. The third-order valence-electron chi connectivity index (χ3n) is 2.40. The van der Waals surface area contributed by atoms with Crippen LogP contribution in [0.4, 0.5) is 0 Å². The second kappa shape index (κ2) is 5.88. The van der Waals surface area contributed by atoms with Crippen LogP contribution in [0.3, 0.4) is 0 Å². The van der Waals surface area contributed by atoms with Crippen molar-refractivity contribution >= 4 is 27.5 Å². The van der Waals surface area contributed by atoms with Crippen LogP contribution in [-0.2, 0) is 0 Å². The van der Waals surface area contributed by atoms with Crippen molar-refractivity contribution in [1.82, 2.24) is 5.32 Å². The largest absolute Gasteiger partial charge is 0.313 e. The van der Waals surface area contributed by atoms with Crippen molar-refractivity contribution in [3.63, 3.8) is 0 Å². The molecule has 0 amide bonds. The molecule has 1 N–H and O–H groups in total. The molecule has 84 valence electrons. The topological polar surface area (TPSA) is 12.0 Å². The molecular formula is C12H17BrClN. The Labute approximate surface area is 105 Å². The predicted octanol–water partition coefficient (Wildman–Crippen LogP) is 4.41. The van der Waals surface area contributed by atoms with Crippen LogP contribution in [0.2, 0.25) is 5.02 Å². The maximum atomic E-state index is 5.97. The lowest BCUT2D eigenvalue weighted by Crippen LogP contribution is -2.18. The summed E-state index contributed by atoms with van der Waals surface area (Å²) < 4.78 is 0.964. The van der Waals surface area contributed by atoms with Crippen molar-refractivity contribution in [3.05, 3.63) is 33.3 Å². The smallest absolute Gasteiger partial charge is 0.0548 e. The third-order valence-corrected chi connectivity index (χ3v) is 3.62. The SMILES string of the molecule is CNC(CC(C)C)c1ccc(Cl)c(Br)c1. The highest BCUT2D eigenvalue weighted by atomic mass is 79.9. The fourth-order valence-corrected chi connectivity index (χ4v) is 2.14. The predicted molar refractivity (Wildman–Crippen MR) is 70.4 cm³/mol. The van der Waals surface area contributed by atoms with Gasteiger partial charge in [0.05, 0.1) is 5.02 Å². The molecule has 0 saturated heterocycles. The lowest BCUT2D eigenvalue weighted by atomic mass is 9.97. The monoisotopic (exact) mass is 289 g/mol. The summed E-state index contributed by atoms with van der Waals surface area (Å²) in [6.45, 7) is 4.46. The highest BCUT2D eigenvalue weighted by Gasteiger charge is 2.12. The highest BCUT2D eigenvalue weighted by molar-refractivity contribution is 9.10. The number of hydrogen-bond acceptors (Lipinski definition) is 1. The number of hydrogen-bond donors (Lipinski definition) is 1. The van der Waals surface area contributed by atoms with E-state index >= 15 is 0 Å². The Balaban J connectivity index is 2.87. The van der Waals surface area contributed by atoms with Crippen molar-refractivity contribution in [3.8, 4) is 0 Å². The average molecular weight is 291 g/mol. The van der Waals surface area contributed by atoms with Gasteiger partial charge in [-0.15, -0.1) is 0 Å². The summed E-state index contributed by atoms with van der Waals surface area (Å²) in [5.41, 5.74) is 1.28. The Morgan fingerprint density at radius 2 is 2.07 bits per heavy atom. The molecular weight excluding hydrogens is 273 g/mol. The standard InChI is InChI=1S/C12H17BrClN/c1-8(2)6-12(15-3)9-4-5-11(14)10(13)7-9/h4-5,7-8,12,15H,6H2,1-3H3. The molecule has 0 aromatic heterocycles. The Hall–Kier alpha value is -0.0500. The van der Waals surface area contributed by atoms with Gasteiger partial charge in [-0.25, -0.2) is 0 Å². The zero-order valence-corrected chi connectivity index (χ0v) is 11.7. The number of benzene rings is 1. The molecule has 1 atom stereocenters. The molecule has 0 radical (unpaired) electrons. The molecule has 1 unspecified atom stereocenters. The molecule has 1 aromatic rings. The Bertz CT molecular complexity index is 325. The summed E-state index contributed by atoms with van der Waals surface area (Å²) in [5.74, 6) is 0.678. The molecule has 0 aliphatic heterocycles. The van der Waals surface area contributed by atoms with Gasteiger partial charge < -0.3 is 5.32 Å². The minimum absolute atomic E-state index is 0.401. The van der Waals surface area contributed by atoms with Crippen LogP contribution in [0.5, 0.6) is 0 Å². The van der Waals surface area contributed by atoms with E-state index in [4.69, 9.17) is 11.6 Å². The Morgan fingerprint density at radius 3 is 2.53 bits per heavy atom. The highest BCUT2D eigenvalue weighted by Crippen LogP contribution is 2.28. The van der Waals surface area contributed by atoms with Crippen LogP contribution in [0.1, 0.15) is 31.9 Å². The van der Waals surface area contributed by atoms with Gasteiger partial charge >= 0.3 is 0 Å². The lowest BCUT2D eigenvalue weighted by molar-refractivity contribution is 0.456. The van der Waals surface area contributed by atoms with E-state index in [2.05, 4.69) is 47.2 Å². The van der Waals surface area contributed by atoms with Crippen molar-refractivity contribution in [2.75, 3.05) is 7.05 Å². The van der Waals surface area contributed by atoms with Crippen LogP contribution in [-0.4, -0.2) is 7.05 Å². The summed E-state index contributed by atoms with van der Waals surface area (Å²) in [6, 6.07) is 6.51. The Morgan fingerprint density at radius 1 is 1.40 bits per heavy atom. The summed E-state index contributed by atoms with van der Waals surface area (Å²) in [5, 5.41) is 4.09. The van der Waals surface area contributed by atoms with Crippen molar-refractivity contribution in [2.45, 2.75) is 26.3 Å². The molecule has 3 heteroatoms. The van der Waals surface area contributed by atoms with Crippen LogP contribution in [0.25, 0.3) is 0 Å². The molecule has 15 heavy (non-hydrogen) atoms. The van der Waals surface area contributed by atoms with Crippen molar-refractivity contribution in [1.29, 1.82) is 0 Å². The lowest BCUT2D eigenvalue weighted by Gasteiger charge is -2.19. The average Bonchev–Trinajstić information content (AvgIpc) is 2.18. The molecule has 0 spiro atoms. The van der Waals surface area contributed by atoms with E-state index in [1.165, 1.54) is 5.56 Å². The van der Waals surface area contributed by atoms with Crippen LogP contribution < -0.4 is 5.32 Å². The first-order valence-corrected chi connectivity index (χ1v) is 6.34. The molecule has 0 aliphatic rings. The summed E-state index contributed by atoms with van der Waals surface area (Å²) in [4.78, 5) is 0. The molecule has 1 nitrogen and oxygen atoms in total. The van der Waals surface area contributed by atoms with E-state index in [9.17, 15) is 0 Å². The fourth-order valence-electron chi connectivity index (χ4n) is 1.62. The zero-order chi connectivity index (χ0) is 11.4. The normalized spacial score (nSPS) is 13.2. The van der Waals surface area contributed by atoms with Crippen molar-refractivity contribution in [2.24, 2.45) is 5.92 Å². The van der Waals surface area contributed by atoms with Gasteiger partial charge in [-0.05, 0) is 53.0 Å². The summed E-state index contributed by atoms with van der Waals surface area (Å²) >= 11 is 9.42. The van der Waals surface area contributed by atoms with E-state index < -0.39 is 0 Å². The molecule has 0 aliphatic carbocycles. The second-order valence-electron chi connectivity index (χ2n) is 4.14. The number of nitrogens with one attached hydrogen (secondary N) is 1. The van der Waals surface area contributed by atoms with E-state index in [-0.39, 0.29) is 0 Å². The van der Waals surface area contributed by atoms with Gasteiger partial charge in [0.15, 0.2) is 0 Å². The van der Waals surface area contributed by atoms with Gasteiger partial charge in [0.2, 0.25) is 0 Å². The number of rotatable bonds is 4. The minimum atomic E-state index is 0.401. The maximum absolute atomic E-state index is 5.97. The van der Waals surface area contributed by atoms with E-state index in [0.29, 0.717) is 12.0 Å². The second-order valence-corrected chi connectivity index (χ2v) is 5.41. The van der Waals surface area contributed by atoms with Gasteiger partial charge in [-0.1, -0.05) is 31.5 Å². The molecule has 0 fully saturated rings. The zero-order valence-electron chi connectivity index (χ0n) is 9.35. The van der Waals surface area contributed by atoms with Crippen LogP contribution in [0.15, 0.2) is 22.7 Å². The fraction of sp³-hybridized carbons (Fsp3) is 0.500. The van der Waals surface area contributed by atoms with Crippen LogP contribution >= 0.6 is 27.5 Å². The summed E-state index contributed by atoms with van der Waals surface area (Å²) in [7, 11) is 2.00. The van der Waals surface area contributed by atoms with Gasteiger partial charge in [-0.3, -0.25) is 0 Å². The molecule has 0 bridgehead atoms. The molecule has 1 aromatic carbocycles. The first kappa shape index (κ1) is 13.0. The van der Waals surface area contributed by atoms with Gasteiger partial charge in [-0.2, -0.15) is 0 Å². The first-order valence-electron chi connectivity index (χ1n) is 5.16.